The molecule has 33 heavy (non-hydrogen) atoms. The second-order valence-corrected chi connectivity index (χ2v) is 8.64. The van der Waals surface area contributed by atoms with Crippen molar-refractivity contribution in [3.63, 3.8) is 0 Å². The summed E-state index contributed by atoms with van der Waals surface area (Å²) < 4.78 is 17.3. The van der Waals surface area contributed by atoms with Crippen molar-refractivity contribution < 1.29 is 23.2 Å². The van der Waals surface area contributed by atoms with E-state index in [1.54, 1.807) is 50.2 Å². The summed E-state index contributed by atoms with van der Waals surface area (Å²) in [6.07, 6.45) is 0.669. The predicted molar refractivity (Wildman–Crippen MR) is 126 cm³/mol. The second-order valence-electron chi connectivity index (χ2n) is 7.42. The molecule has 0 saturated heterocycles. The van der Waals surface area contributed by atoms with Crippen LogP contribution in [0.1, 0.15) is 34.1 Å². The molecule has 3 aromatic heterocycles. The molecule has 0 aliphatic rings. The van der Waals surface area contributed by atoms with Crippen LogP contribution in [-0.4, -0.2) is 17.9 Å². The topological polar surface area (TPSA) is 125 Å². The van der Waals surface area contributed by atoms with Crippen molar-refractivity contribution in [2.24, 2.45) is 5.73 Å². The molecule has 2 amide bonds. The SMILES string of the molecule is CCC(Oc1c(-c2ccco2)oc2ccccc2c1=O)C(=O)Nc1sc(C)c(C)c1C(N)=O. The quantitative estimate of drug-likeness (QED) is 0.409. The Morgan fingerprint density at radius 3 is 2.61 bits per heavy atom. The van der Waals surface area contributed by atoms with Gasteiger partial charge in [-0.15, -0.1) is 11.3 Å². The maximum absolute atomic E-state index is 13.3. The van der Waals surface area contributed by atoms with E-state index in [-0.39, 0.29) is 23.5 Å². The fourth-order valence-electron chi connectivity index (χ4n) is 3.47. The number of thiophene rings is 1. The number of benzene rings is 1. The molecule has 1 unspecified atom stereocenters. The van der Waals surface area contributed by atoms with Crippen molar-refractivity contribution in [2.75, 3.05) is 5.32 Å². The first kappa shape index (κ1) is 22.3. The van der Waals surface area contributed by atoms with Crippen LogP contribution in [0.15, 0.2) is 56.3 Å². The number of anilines is 1. The average Bonchev–Trinajstić information content (AvgIpc) is 3.41. The highest BCUT2D eigenvalue weighted by Crippen LogP contribution is 2.34. The van der Waals surface area contributed by atoms with Crippen molar-refractivity contribution in [2.45, 2.75) is 33.3 Å². The molecule has 0 bridgehead atoms. The molecule has 0 spiro atoms. The lowest BCUT2D eigenvalue weighted by Crippen LogP contribution is -2.34. The molecule has 4 aromatic rings. The lowest BCUT2D eigenvalue weighted by molar-refractivity contribution is -0.122. The monoisotopic (exact) mass is 466 g/mol. The van der Waals surface area contributed by atoms with E-state index in [1.807, 2.05) is 6.92 Å². The summed E-state index contributed by atoms with van der Waals surface area (Å²) in [5.74, 6) is -0.880. The largest absolute Gasteiger partial charge is 0.473 e. The predicted octanol–water partition coefficient (Wildman–Crippen LogP) is 4.63. The van der Waals surface area contributed by atoms with Crippen LogP contribution in [0.5, 0.6) is 5.75 Å². The molecule has 1 atom stereocenters. The number of hydrogen-bond donors (Lipinski definition) is 2. The number of carbonyl (C=O) groups excluding carboxylic acids is 2. The Morgan fingerprint density at radius 2 is 1.94 bits per heavy atom. The number of rotatable bonds is 7. The maximum atomic E-state index is 13.3. The van der Waals surface area contributed by atoms with Crippen LogP contribution < -0.4 is 21.2 Å². The van der Waals surface area contributed by atoms with Gasteiger partial charge in [0.1, 0.15) is 10.6 Å². The van der Waals surface area contributed by atoms with Gasteiger partial charge in [-0.25, -0.2) is 0 Å². The van der Waals surface area contributed by atoms with Crippen LogP contribution in [0, 0.1) is 13.8 Å². The summed E-state index contributed by atoms with van der Waals surface area (Å²) in [5.41, 5.74) is 6.43. The number of primary amides is 1. The molecule has 4 rings (SSSR count). The van der Waals surface area contributed by atoms with E-state index in [2.05, 4.69) is 5.32 Å². The van der Waals surface area contributed by atoms with Crippen LogP contribution in [0.4, 0.5) is 5.00 Å². The van der Waals surface area contributed by atoms with Gasteiger partial charge in [0.05, 0.1) is 17.2 Å². The standard InChI is InChI=1S/C24H22N2O6S/c1-4-15(23(29)26-24-18(22(25)28)12(2)13(3)33-24)31-21-19(27)14-8-5-6-9-16(14)32-20(21)17-10-7-11-30-17/h5-11,15H,4H2,1-3H3,(H2,25,28)(H,26,29). The van der Waals surface area contributed by atoms with Gasteiger partial charge in [-0.2, -0.15) is 0 Å². The molecule has 0 aliphatic heterocycles. The highest BCUT2D eigenvalue weighted by molar-refractivity contribution is 7.16. The third-order valence-electron chi connectivity index (χ3n) is 5.29. The number of carbonyl (C=O) groups is 2. The van der Waals surface area contributed by atoms with E-state index in [4.69, 9.17) is 19.3 Å². The maximum Gasteiger partial charge on any atom is 0.266 e. The molecule has 0 aliphatic carbocycles. The highest BCUT2D eigenvalue weighted by atomic mass is 32.1. The molecule has 0 fully saturated rings. The first-order chi connectivity index (χ1) is 15.8. The van der Waals surface area contributed by atoms with Crippen molar-refractivity contribution in [3.8, 4) is 17.3 Å². The van der Waals surface area contributed by atoms with Crippen molar-refractivity contribution in [3.05, 3.63) is 68.9 Å². The Balaban J connectivity index is 1.73. The van der Waals surface area contributed by atoms with Crippen molar-refractivity contribution in [1.29, 1.82) is 0 Å². The first-order valence-electron chi connectivity index (χ1n) is 10.3. The Hall–Kier alpha value is -3.85. The van der Waals surface area contributed by atoms with Gasteiger partial charge in [0.2, 0.25) is 16.9 Å². The molecule has 0 radical (unpaired) electrons. The van der Waals surface area contributed by atoms with Gasteiger partial charge in [-0.05, 0) is 50.1 Å². The first-order valence-corrected chi connectivity index (χ1v) is 11.1. The fraction of sp³-hybridized carbons (Fsp3) is 0.208. The summed E-state index contributed by atoms with van der Waals surface area (Å²) in [6, 6.07) is 10.1. The van der Waals surface area contributed by atoms with E-state index in [0.717, 1.165) is 4.88 Å². The van der Waals surface area contributed by atoms with E-state index in [0.29, 0.717) is 27.3 Å². The van der Waals surface area contributed by atoms with E-state index >= 15 is 0 Å². The number of aryl methyl sites for hydroxylation is 1. The van der Waals surface area contributed by atoms with Gasteiger partial charge in [0, 0.05) is 4.88 Å². The number of hydrogen-bond acceptors (Lipinski definition) is 7. The number of fused-ring (bicyclic) bond motifs is 1. The number of furan rings is 1. The van der Waals surface area contributed by atoms with Gasteiger partial charge in [0.15, 0.2) is 11.9 Å². The van der Waals surface area contributed by atoms with E-state index < -0.39 is 23.3 Å². The van der Waals surface area contributed by atoms with Crippen LogP contribution in [-0.2, 0) is 4.79 Å². The highest BCUT2D eigenvalue weighted by Gasteiger charge is 2.28. The Labute approximate surface area is 193 Å². The zero-order chi connectivity index (χ0) is 23.7. The van der Waals surface area contributed by atoms with Crippen LogP contribution in [0.2, 0.25) is 0 Å². The number of para-hydroxylation sites is 1. The molecule has 170 valence electrons. The number of nitrogens with two attached hydrogens (primary N) is 1. The molecule has 3 N–H and O–H groups in total. The van der Waals surface area contributed by atoms with Crippen LogP contribution in [0.25, 0.3) is 22.5 Å². The van der Waals surface area contributed by atoms with Crippen molar-refractivity contribution in [1.82, 2.24) is 0 Å². The number of nitrogens with one attached hydrogen (secondary N) is 1. The van der Waals surface area contributed by atoms with E-state index in [9.17, 15) is 14.4 Å². The molecule has 3 heterocycles. The average molecular weight is 467 g/mol. The Kier molecular flexibility index (Phi) is 6.06. The normalized spacial score (nSPS) is 12.0. The molecular weight excluding hydrogens is 444 g/mol. The summed E-state index contributed by atoms with van der Waals surface area (Å²) >= 11 is 1.25. The van der Waals surface area contributed by atoms with E-state index in [1.165, 1.54) is 17.6 Å². The lowest BCUT2D eigenvalue weighted by Gasteiger charge is -2.18. The molecule has 9 heteroatoms. The third kappa shape index (κ3) is 4.14. The minimum absolute atomic E-state index is 0.0931. The van der Waals surface area contributed by atoms with Crippen molar-refractivity contribution >= 4 is 39.1 Å². The van der Waals surface area contributed by atoms with Gasteiger partial charge in [0.25, 0.3) is 11.8 Å². The van der Waals surface area contributed by atoms with Crippen LogP contribution in [0.3, 0.4) is 0 Å². The number of ether oxygens (including phenoxy) is 1. The van der Waals surface area contributed by atoms with Crippen LogP contribution >= 0.6 is 11.3 Å². The molecule has 0 saturated carbocycles. The minimum Gasteiger partial charge on any atom is -0.473 e. The smallest absolute Gasteiger partial charge is 0.266 e. The Morgan fingerprint density at radius 1 is 1.18 bits per heavy atom. The lowest BCUT2D eigenvalue weighted by atomic mass is 10.1. The summed E-state index contributed by atoms with van der Waals surface area (Å²) in [5, 5.41) is 3.40. The molecule has 1 aromatic carbocycles. The summed E-state index contributed by atoms with van der Waals surface area (Å²) in [4.78, 5) is 39.1. The summed E-state index contributed by atoms with van der Waals surface area (Å²) in [6.45, 7) is 5.36. The fourth-order valence-corrected chi connectivity index (χ4v) is 4.54. The van der Waals surface area contributed by atoms with Gasteiger partial charge < -0.3 is 24.6 Å². The minimum atomic E-state index is -1.04. The second kappa shape index (κ2) is 8.95. The number of amides is 2. The summed E-state index contributed by atoms with van der Waals surface area (Å²) in [7, 11) is 0. The molecule has 8 nitrogen and oxygen atoms in total. The van der Waals surface area contributed by atoms with Gasteiger partial charge in [-0.1, -0.05) is 19.1 Å². The van der Waals surface area contributed by atoms with Gasteiger partial charge >= 0.3 is 0 Å². The van der Waals surface area contributed by atoms with Gasteiger partial charge in [-0.3, -0.25) is 14.4 Å². The third-order valence-corrected chi connectivity index (χ3v) is 6.42. The zero-order valence-corrected chi connectivity index (χ0v) is 19.1. The molecular formula is C24H22N2O6S. The Bertz CT molecular complexity index is 1400. The zero-order valence-electron chi connectivity index (χ0n) is 18.3.